The van der Waals surface area contributed by atoms with Gasteiger partial charge in [0.15, 0.2) is 5.12 Å². The normalized spacial score (nSPS) is 20.9. The van der Waals surface area contributed by atoms with Crippen LogP contribution in [-0.2, 0) is 4.79 Å². The summed E-state index contributed by atoms with van der Waals surface area (Å²) in [5.41, 5.74) is 8.21. The van der Waals surface area contributed by atoms with Gasteiger partial charge in [0.05, 0.1) is 0 Å². The molecule has 1 unspecified atom stereocenters. The number of fused-ring (bicyclic) bond motifs is 1. The molecule has 1 saturated carbocycles. The van der Waals surface area contributed by atoms with Gasteiger partial charge in [-0.25, -0.2) is 0 Å². The van der Waals surface area contributed by atoms with Crippen LogP contribution in [0.4, 0.5) is 0 Å². The van der Waals surface area contributed by atoms with Gasteiger partial charge in [-0.3, -0.25) is 4.79 Å². The fourth-order valence-electron chi connectivity index (χ4n) is 5.22. The van der Waals surface area contributed by atoms with Crippen molar-refractivity contribution >= 4 is 39.6 Å². The van der Waals surface area contributed by atoms with Crippen LogP contribution in [0.1, 0.15) is 57.1 Å². The van der Waals surface area contributed by atoms with E-state index >= 15 is 0 Å². The standard InChI is InChI=1S/C27H29ClOS/c1-27(2)16-21-10-9-20(15-24(29)30-3)25(19-11-13-22(28)14-12-19)26(23(21)17-27)18-7-5-4-6-8-18/h4-8,11-14,21H,9-10,15-17H2,1-3H3. The Morgan fingerprint density at radius 2 is 1.70 bits per heavy atom. The zero-order valence-electron chi connectivity index (χ0n) is 18.0. The average Bonchev–Trinajstić information content (AvgIpc) is 2.97. The maximum Gasteiger partial charge on any atom is 0.192 e. The van der Waals surface area contributed by atoms with Gasteiger partial charge in [-0.2, -0.15) is 0 Å². The molecule has 2 aliphatic carbocycles. The fraction of sp³-hybridized carbons (Fsp3) is 0.370. The first-order valence-electron chi connectivity index (χ1n) is 10.7. The highest BCUT2D eigenvalue weighted by Gasteiger charge is 2.39. The molecule has 156 valence electrons. The highest BCUT2D eigenvalue weighted by Crippen LogP contribution is 2.54. The van der Waals surface area contributed by atoms with Crippen molar-refractivity contribution in [1.82, 2.24) is 0 Å². The van der Waals surface area contributed by atoms with Crippen molar-refractivity contribution < 1.29 is 4.79 Å². The van der Waals surface area contributed by atoms with Crippen LogP contribution in [-0.4, -0.2) is 11.4 Å². The topological polar surface area (TPSA) is 17.1 Å². The molecule has 30 heavy (non-hydrogen) atoms. The van der Waals surface area contributed by atoms with E-state index < -0.39 is 0 Å². The number of hydrogen-bond donors (Lipinski definition) is 0. The first-order valence-corrected chi connectivity index (χ1v) is 12.3. The van der Waals surface area contributed by atoms with Gasteiger partial charge in [-0.05, 0) is 77.7 Å². The largest absolute Gasteiger partial charge is 0.287 e. The maximum atomic E-state index is 12.5. The molecule has 0 N–H and O–H groups in total. The molecule has 0 aliphatic heterocycles. The minimum atomic E-state index is 0.237. The summed E-state index contributed by atoms with van der Waals surface area (Å²) in [6.07, 6.45) is 6.83. The van der Waals surface area contributed by atoms with Gasteiger partial charge < -0.3 is 0 Å². The molecule has 1 nitrogen and oxygen atoms in total. The number of carbonyl (C=O) groups is 1. The molecule has 2 aliphatic rings. The molecule has 2 aromatic rings. The van der Waals surface area contributed by atoms with Crippen molar-refractivity contribution in [2.75, 3.05) is 6.26 Å². The Kier molecular flexibility index (Phi) is 6.27. The Hall–Kier alpha value is -1.77. The summed E-state index contributed by atoms with van der Waals surface area (Å²) in [7, 11) is 0. The molecule has 4 rings (SSSR count). The highest BCUT2D eigenvalue weighted by atomic mass is 35.5. The third-order valence-electron chi connectivity index (χ3n) is 6.46. The number of carbonyl (C=O) groups excluding carboxylic acids is 1. The zero-order valence-corrected chi connectivity index (χ0v) is 19.6. The Balaban J connectivity index is 1.99. The molecular weight excluding hydrogens is 408 g/mol. The van der Waals surface area contributed by atoms with Gasteiger partial charge in [0, 0.05) is 11.4 Å². The first kappa shape index (κ1) is 21.5. The Morgan fingerprint density at radius 3 is 2.37 bits per heavy atom. The van der Waals surface area contributed by atoms with Crippen LogP contribution in [0, 0.1) is 11.3 Å². The van der Waals surface area contributed by atoms with Gasteiger partial charge in [0.25, 0.3) is 0 Å². The molecule has 0 amide bonds. The van der Waals surface area contributed by atoms with Crippen molar-refractivity contribution in [1.29, 1.82) is 0 Å². The number of thioether (sulfide) groups is 1. The predicted molar refractivity (Wildman–Crippen MR) is 131 cm³/mol. The molecule has 0 bridgehead atoms. The number of allylic oxidation sites excluding steroid dienone is 4. The van der Waals surface area contributed by atoms with Crippen LogP contribution in [0.5, 0.6) is 0 Å². The number of benzene rings is 2. The van der Waals surface area contributed by atoms with Crippen LogP contribution in [0.3, 0.4) is 0 Å². The first-order chi connectivity index (χ1) is 14.4. The molecule has 0 aromatic heterocycles. The van der Waals surface area contributed by atoms with E-state index in [2.05, 4.69) is 56.3 Å². The summed E-state index contributed by atoms with van der Waals surface area (Å²) in [4.78, 5) is 12.5. The summed E-state index contributed by atoms with van der Waals surface area (Å²) in [6, 6.07) is 18.9. The second kappa shape index (κ2) is 8.77. The van der Waals surface area contributed by atoms with Gasteiger partial charge in [-0.1, -0.05) is 90.8 Å². The summed E-state index contributed by atoms with van der Waals surface area (Å²) in [5.74, 6) is 0.583. The Bertz CT molecular complexity index is 999. The van der Waals surface area contributed by atoms with Crippen LogP contribution in [0.2, 0.25) is 5.02 Å². The lowest BCUT2D eigenvalue weighted by atomic mass is 9.83. The van der Waals surface area contributed by atoms with Gasteiger partial charge in [0.1, 0.15) is 0 Å². The van der Waals surface area contributed by atoms with Crippen molar-refractivity contribution in [2.45, 2.75) is 46.0 Å². The zero-order chi connectivity index (χ0) is 21.3. The molecule has 2 aromatic carbocycles. The average molecular weight is 437 g/mol. The molecule has 0 heterocycles. The Morgan fingerprint density at radius 1 is 1.03 bits per heavy atom. The minimum absolute atomic E-state index is 0.237. The smallest absolute Gasteiger partial charge is 0.192 e. The summed E-state index contributed by atoms with van der Waals surface area (Å²) >= 11 is 7.55. The highest BCUT2D eigenvalue weighted by molar-refractivity contribution is 8.13. The monoisotopic (exact) mass is 436 g/mol. The van der Waals surface area contributed by atoms with Gasteiger partial charge in [0.2, 0.25) is 0 Å². The number of rotatable bonds is 4. The summed E-state index contributed by atoms with van der Waals surface area (Å²) in [6.45, 7) is 4.78. The van der Waals surface area contributed by atoms with E-state index in [0.29, 0.717) is 17.8 Å². The lowest BCUT2D eigenvalue weighted by Crippen LogP contribution is -2.06. The minimum Gasteiger partial charge on any atom is -0.287 e. The number of hydrogen-bond acceptors (Lipinski definition) is 2. The van der Waals surface area contributed by atoms with E-state index in [0.717, 1.165) is 24.3 Å². The number of halogens is 1. The second-order valence-electron chi connectivity index (χ2n) is 9.29. The van der Waals surface area contributed by atoms with E-state index in [-0.39, 0.29) is 5.12 Å². The lowest BCUT2D eigenvalue weighted by molar-refractivity contribution is -0.110. The quantitative estimate of drug-likeness (QED) is 0.482. The molecule has 0 spiro atoms. The van der Waals surface area contributed by atoms with Crippen LogP contribution >= 0.6 is 23.4 Å². The van der Waals surface area contributed by atoms with E-state index in [1.54, 1.807) is 5.57 Å². The molecule has 0 saturated heterocycles. The van der Waals surface area contributed by atoms with Crippen LogP contribution < -0.4 is 0 Å². The molecular formula is C27H29ClOS. The Labute approximate surface area is 189 Å². The summed E-state index contributed by atoms with van der Waals surface area (Å²) < 4.78 is 0. The molecule has 3 heteroatoms. The van der Waals surface area contributed by atoms with Crippen molar-refractivity contribution in [3.05, 3.63) is 81.9 Å². The third kappa shape index (κ3) is 4.45. The third-order valence-corrected chi connectivity index (χ3v) is 7.31. The van der Waals surface area contributed by atoms with E-state index in [1.165, 1.54) is 46.0 Å². The van der Waals surface area contributed by atoms with Crippen LogP contribution in [0.25, 0.3) is 11.1 Å². The van der Waals surface area contributed by atoms with E-state index in [4.69, 9.17) is 11.6 Å². The van der Waals surface area contributed by atoms with Crippen molar-refractivity contribution in [2.24, 2.45) is 11.3 Å². The molecule has 0 radical (unpaired) electrons. The lowest BCUT2D eigenvalue weighted by Gasteiger charge is -2.21. The molecule has 1 fully saturated rings. The predicted octanol–water partition coefficient (Wildman–Crippen LogP) is 8.06. The van der Waals surface area contributed by atoms with Crippen molar-refractivity contribution in [3.63, 3.8) is 0 Å². The fourth-order valence-corrected chi connectivity index (χ4v) is 5.67. The summed E-state index contributed by atoms with van der Waals surface area (Å²) in [5, 5.41) is 0.977. The maximum absolute atomic E-state index is 12.5. The molecule has 1 atom stereocenters. The van der Waals surface area contributed by atoms with E-state index in [1.807, 2.05) is 18.4 Å². The van der Waals surface area contributed by atoms with E-state index in [9.17, 15) is 4.79 Å². The SMILES string of the molecule is CSC(=O)CC1=C(c2ccc(Cl)cc2)C(c2ccccc2)=C2CC(C)(C)CC2CC1. The second-order valence-corrected chi connectivity index (χ2v) is 10.6. The van der Waals surface area contributed by atoms with Gasteiger partial charge in [-0.15, -0.1) is 0 Å². The van der Waals surface area contributed by atoms with Crippen LogP contribution in [0.15, 0.2) is 65.7 Å². The van der Waals surface area contributed by atoms with Gasteiger partial charge >= 0.3 is 0 Å². The van der Waals surface area contributed by atoms with Crippen molar-refractivity contribution in [3.8, 4) is 0 Å².